The summed E-state index contributed by atoms with van der Waals surface area (Å²) >= 11 is 2.24. The summed E-state index contributed by atoms with van der Waals surface area (Å²) in [5.74, 6) is -0.206. The van der Waals surface area contributed by atoms with E-state index in [0.717, 1.165) is 15.5 Å². The van der Waals surface area contributed by atoms with Crippen molar-refractivity contribution in [2.75, 3.05) is 4.72 Å². The van der Waals surface area contributed by atoms with Crippen LogP contribution in [0.25, 0.3) is 0 Å². The number of hydrogen-bond donors (Lipinski definition) is 1. The summed E-state index contributed by atoms with van der Waals surface area (Å²) < 4.78 is 16.4. The highest BCUT2D eigenvalue weighted by Gasteiger charge is 2.15. The molecule has 0 aliphatic carbocycles. The van der Waals surface area contributed by atoms with E-state index in [9.17, 15) is 14.5 Å². The van der Waals surface area contributed by atoms with Crippen LogP contribution in [0.2, 0.25) is 0 Å². The molecule has 0 aliphatic rings. The van der Waals surface area contributed by atoms with Gasteiger partial charge in [0.15, 0.2) is 0 Å². The van der Waals surface area contributed by atoms with Crippen molar-refractivity contribution in [1.29, 1.82) is 0 Å². The van der Waals surface area contributed by atoms with Crippen LogP contribution in [-0.4, -0.2) is 9.91 Å². The first kappa shape index (κ1) is 12.8. The summed E-state index contributed by atoms with van der Waals surface area (Å²) in [6.07, 6.45) is 0. The van der Waals surface area contributed by atoms with Gasteiger partial charge in [0.05, 0.1) is 9.13 Å². The molecule has 0 fully saturated rings. The second-order valence-electron chi connectivity index (χ2n) is 3.36. The zero-order valence-electron chi connectivity index (χ0n) is 9.21. The van der Waals surface area contributed by atoms with E-state index in [1.807, 2.05) is 0 Å². The molecule has 94 valence electrons. The maximum absolute atomic E-state index is 12.8. The molecule has 0 amide bonds. The van der Waals surface area contributed by atoms with Crippen molar-refractivity contribution in [2.24, 2.45) is 0 Å². The highest BCUT2D eigenvalue weighted by molar-refractivity contribution is 8.02. The number of nitrogens with one attached hydrogen (secondary N) is 1. The summed E-state index contributed by atoms with van der Waals surface area (Å²) in [6, 6.07) is 6.11. The zero-order valence-corrected chi connectivity index (χ0v) is 10.8. The lowest BCUT2D eigenvalue weighted by atomic mass is 10.4. The number of aryl methyl sites for hydroxylation is 1. The molecule has 2 rings (SSSR count). The van der Waals surface area contributed by atoms with Crippen LogP contribution in [0.15, 0.2) is 28.5 Å². The number of pyridine rings is 1. The molecule has 2 aromatic heterocycles. The standard InChI is InChI=1S/C10H8FN3O2S2/c1-6-5-9(17-10(6)14(15)16)18-13-8-4-2-3-7(11)12-8/h2-5H,1H3,(H,12,13). The Morgan fingerprint density at radius 2 is 2.33 bits per heavy atom. The monoisotopic (exact) mass is 285 g/mol. The zero-order chi connectivity index (χ0) is 13.1. The minimum atomic E-state index is -0.575. The number of rotatable bonds is 4. The van der Waals surface area contributed by atoms with Crippen LogP contribution >= 0.6 is 23.3 Å². The normalized spacial score (nSPS) is 10.3. The Labute approximate surface area is 110 Å². The number of halogens is 1. The fourth-order valence-corrected chi connectivity index (χ4v) is 3.05. The van der Waals surface area contributed by atoms with Crippen LogP contribution in [0.5, 0.6) is 0 Å². The van der Waals surface area contributed by atoms with Gasteiger partial charge in [-0.05, 0) is 37.1 Å². The van der Waals surface area contributed by atoms with E-state index >= 15 is 0 Å². The molecule has 0 radical (unpaired) electrons. The number of nitro groups is 1. The van der Waals surface area contributed by atoms with Gasteiger partial charge in [0.1, 0.15) is 5.82 Å². The molecule has 18 heavy (non-hydrogen) atoms. The molecule has 0 atom stereocenters. The van der Waals surface area contributed by atoms with Crippen LogP contribution in [0.3, 0.4) is 0 Å². The Bertz CT molecular complexity index is 588. The largest absolute Gasteiger partial charge is 0.328 e. The van der Waals surface area contributed by atoms with Gasteiger partial charge in [-0.1, -0.05) is 17.4 Å². The quantitative estimate of drug-likeness (QED) is 0.402. The van der Waals surface area contributed by atoms with Crippen LogP contribution in [0.4, 0.5) is 15.2 Å². The van der Waals surface area contributed by atoms with E-state index in [2.05, 4.69) is 9.71 Å². The maximum Gasteiger partial charge on any atom is 0.328 e. The molecule has 0 saturated heterocycles. The fourth-order valence-electron chi connectivity index (χ4n) is 1.24. The molecule has 0 aromatic carbocycles. The van der Waals surface area contributed by atoms with Crippen molar-refractivity contribution in [1.82, 2.24) is 4.98 Å². The van der Waals surface area contributed by atoms with Gasteiger partial charge in [-0.2, -0.15) is 4.39 Å². The molecule has 0 saturated carbocycles. The average molecular weight is 285 g/mol. The van der Waals surface area contributed by atoms with Gasteiger partial charge < -0.3 is 4.72 Å². The van der Waals surface area contributed by atoms with Gasteiger partial charge in [-0.15, -0.1) is 0 Å². The first-order chi connectivity index (χ1) is 8.56. The van der Waals surface area contributed by atoms with E-state index in [1.165, 1.54) is 24.1 Å². The smallest absolute Gasteiger partial charge is 0.309 e. The summed E-state index contributed by atoms with van der Waals surface area (Å²) in [7, 11) is 0. The number of hydrogen-bond acceptors (Lipinski definition) is 6. The Kier molecular flexibility index (Phi) is 3.78. The Morgan fingerprint density at radius 3 is 2.94 bits per heavy atom. The Balaban J connectivity index is 2.06. The van der Waals surface area contributed by atoms with Gasteiger partial charge in [0, 0.05) is 5.56 Å². The van der Waals surface area contributed by atoms with E-state index in [-0.39, 0.29) is 5.00 Å². The van der Waals surface area contributed by atoms with Gasteiger partial charge in [0.2, 0.25) is 5.95 Å². The minimum absolute atomic E-state index is 0.117. The van der Waals surface area contributed by atoms with E-state index < -0.39 is 10.9 Å². The summed E-state index contributed by atoms with van der Waals surface area (Å²) in [6.45, 7) is 1.68. The topological polar surface area (TPSA) is 68.1 Å². The molecule has 5 nitrogen and oxygen atoms in total. The van der Waals surface area contributed by atoms with Crippen LogP contribution in [-0.2, 0) is 0 Å². The Morgan fingerprint density at radius 1 is 1.56 bits per heavy atom. The lowest BCUT2D eigenvalue weighted by molar-refractivity contribution is -0.380. The molecule has 0 bridgehead atoms. The summed E-state index contributed by atoms with van der Waals surface area (Å²) in [5.41, 5.74) is 0.613. The molecule has 0 unspecified atom stereocenters. The molecular formula is C10H8FN3O2S2. The first-order valence-electron chi connectivity index (χ1n) is 4.86. The van der Waals surface area contributed by atoms with Crippen molar-refractivity contribution >= 4 is 34.1 Å². The minimum Gasteiger partial charge on any atom is -0.309 e. The lowest BCUT2D eigenvalue weighted by Gasteiger charge is -2.01. The van der Waals surface area contributed by atoms with Gasteiger partial charge in [-0.25, -0.2) is 4.98 Å². The number of anilines is 1. The number of thiophene rings is 1. The highest BCUT2D eigenvalue weighted by atomic mass is 32.2. The van der Waals surface area contributed by atoms with Crippen molar-refractivity contribution in [3.63, 3.8) is 0 Å². The third-order valence-electron chi connectivity index (χ3n) is 2.01. The third kappa shape index (κ3) is 2.96. The molecule has 1 N–H and O–H groups in total. The van der Waals surface area contributed by atoms with E-state index in [0.29, 0.717) is 11.4 Å². The van der Waals surface area contributed by atoms with Crippen molar-refractivity contribution in [3.05, 3.63) is 45.9 Å². The molecule has 0 aliphatic heterocycles. The lowest BCUT2D eigenvalue weighted by Crippen LogP contribution is -1.91. The molecule has 2 aromatic rings. The first-order valence-corrected chi connectivity index (χ1v) is 6.50. The van der Waals surface area contributed by atoms with Gasteiger partial charge in [-0.3, -0.25) is 10.1 Å². The van der Waals surface area contributed by atoms with Gasteiger partial charge >= 0.3 is 5.00 Å². The van der Waals surface area contributed by atoms with Crippen molar-refractivity contribution < 1.29 is 9.31 Å². The predicted octanol–water partition coefficient (Wildman–Crippen LogP) is 3.62. The molecule has 0 spiro atoms. The van der Waals surface area contributed by atoms with Crippen molar-refractivity contribution in [2.45, 2.75) is 11.1 Å². The maximum atomic E-state index is 12.8. The predicted molar refractivity (Wildman–Crippen MR) is 69.4 cm³/mol. The van der Waals surface area contributed by atoms with E-state index in [4.69, 9.17) is 0 Å². The molecule has 8 heteroatoms. The summed E-state index contributed by atoms with van der Waals surface area (Å²) in [5, 5.41) is 10.8. The van der Waals surface area contributed by atoms with Gasteiger partial charge in [0.25, 0.3) is 0 Å². The highest BCUT2D eigenvalue weighted by Crippen LogP contribution is 2.35. The SMILES string of the molecule is Cc1cc(SNc2cccc(F)n2)sc1[N+](=O)[O-]. The summed E-state index contributed by atoms with van der Waals surface area (Å²) in [4.78, 5) is 13.9. The van der Waals surface area contributed by atoms with Crippen LogP contribution < -0.4 is 4.72 Å². The molecule has 2 heterocycles. The molecular weight excluding hydrogens is 277 g/mol. The Hall–Kier alpha value is -1.67. The van der Waals surface area contributed by atoms with E-state index in [1.54, 1.807) is 19.1 Å². The number of nitrogens with zero attached hydrogens (tertiary/aromatic N) is 2. The van der Waals surface area contributed by atoms with Crippen LogP contribution in [0, 0.1) is 23.0 Å². The fraction of sp³-hybridized carbons (Fsp3) is 0.100. The van der Waals surface area contributed by atoms with Crippen molar-refractivity contribution in [3.8, 4) is 0 Å². The third-order valence-corrected chi connectivity index (χ3v) is 4.12. The second-order valence-corrected chi connectivity index (χ2v) is 5.50. The average Bonchev–Trinajstić information content (AvgIpc) is 2.68. The van der Waals surface area contributed by atoms with Crippen LogP contribution in [0.1, 0.15) is 5.56 Å². The second kappa shape index (κ2) is 5.32. The number of aromatic nitrogens is 1.